The van der Waals surface area contributed by atoms with Crippen molar-refractivity contribution in [2.45, 2.75) is 26.4 Å². The van der Waals surface area contributed by atoms with Crippen LogP contribution in [0.2, 0.25) is 5.02 Å². The highest BCUT2D eigenvalue weighted by molar-refractivity contribution is 6.34. The second kappa shape index (κ2) is 9.45. The van der Waals surface area contributed by atoms with E-state index in [4.69, 9.17) is 11.6 Å². The van der Waals surface area contributed by atoms with E-state index in [2.05, 4.69) is 15.7 Å². The summed E-state index contributed by atoms with van der Waals surface area (Å²) < 4.78 is 40.3. The Morgan fingerprint density at radius 1 is 1.09 bits per heavy atom. The standard InChI is InChI=1S/C22H18ClF3N4O3/c1-3-19(32)27-14-7-8-16(23)17(11-14)28-21(33)20-18(31)9-12(2)30(29-20)15-6-4-5-13(10-15)22(24,25)26/h4-11H,3H2,1-2H3,(H,27,32)(H,28,33). The topological polar surface area (TPSA) is 93.1 Å². The summed E-state index contributed by atoms with van der Waals surface area (Å²) in [5.74, 6) is -1.17. The quantitative estimate of drug-likeness (QED) is 0.550. The van der Waals surface area contributed by atoms with Gasteiger partial charge in [0, 0.05) is 23.9 Å². The summed E-state index contributed by atoms with van der Waals surface area (Å²) in [6.07, 6.45) is -4.33. The van der Waals surface area contributed by atoms with Crippen LogP contribution >= 0.6 is 11.6 Å². The number of benzene rings is 2. The number of amides is 2. The van der Waals surface area contributed by atoms with Gasteiger partial charge in [-0.05, 0) is 43.3 Å². The summed E-state index contributed by atoms with van der Waals surface area (Å²) in [7, 11) is 0. The van der Waals surface area contributed by atoms with Crippen LogP contribution in [0.4, 0.5) is 24.5 Å². The summed E-state index contributed by atoms with van der Waals surface area (Å²) in [5, 5.41) is 9.20. The van der Waals surface area contributed by atoms with Gasteiger partial charge in [0.15, 0.2) is 5.69 Å². The lowest BCUT2D eigenvalue weighted by atomic mass is 10.2. The van der Waals surface area contributed by atoms with E-state index < -0.39 is 28.8 Å². The van der Waals surface area contributed by atoms with Crippen molar-refractivity contribution in [2.75, 3.05) is 10.6 Å². The van der Waals surface area contributed by atoms with E-state index in [0.29, 0.717) is 5.69 Å². The molecule has 0 aliphatic heterocycles. The molecule has 0 radical (unpaired) electrons. The van der Waals surface area contributed by atoms with Gasteiger partial charge in [0.05, 0.1) is 22.0 Å². The SMILES string of the molecule is CCC(=O)Nc1ccc(Cl)c(NC(=O)c2nn(-c3cccc(C(F)(F)F)c3)c(C)cc2=O)c1. The Morgan fingerprint density at radius 3 is 2.48 bits per heavy atom. The third-order valence-corrected chi connectivity index (χ3v) is 4.89. The van der Waals surface area contributed by atoms with Crippen LogP contribution in [0.25, 0.3) is 5.69 Å². The molecule has 0 saturated heterocycles. The van der Waals surface area contributed by atoms with Gasteiger partial charge in [-0.25, -0.2) is 4.68 Å². The lowest BCUT2D eigenvalue weighted by molar-refractivity contribution is -0.137. The molecule has 11 heteroatoms. The van der Waals surface area contributed by atoms with E-state index >= 15 is 0 Å². The summed E-state index contributed by atoms with van der Waals surface area (Å²) in [5.41, 5.74) is -1.42. The fourth-order valence-corrected chi connectivity index (χ4v) is 3.07. The third kappa shape index (κ3) is 5.58. The highest BCUT2D eigenvalue weighted by Crippen LogP contribution is 2.30. The van der Waals surface area contributed by atoms with Crippen LogP contribution in [0.5, 0.6) is 0 Å². The number of hydrogen-bond acceptors (Lipinski definition) is 4. The summed E-state index contributed by atoms with van der Waals surface area (Å²) in [6.45, 7) is 3.15. The molecular weight excluding hydrogens is 461 g/mol. The van der Waals surface area contributed by atoms with E-state index in [0.717, 1.165) is 22.9 Å². The number of nitrogens with one attached hydrogen (secondary N) is 2. The van der Waals surface area contributed by atoms with Crippen LogP contribution in [0, 0.1) is 6.92 Å². The molecule has 0 aliphatic rings. The Morgan fingerprint density at radius 2 is 1.82 bits per heavy atom. The molecule has 3 aromatic rings. The summed E-state index contributed by atoms with van der Waals surface area (Å²) in [6, 6.07) is 9.84. The van der Waals surface area contributed by atoms with Gasteiger partial charge in [0.2, 0.25) is 11.3 Å². The predicted octanol–water partition coefficient (Wildman–Crippen LogP) is 4.81. The number of carbonyl (C=O) groups is 2. The van der Waals surface area contributed by atoms with Crippen LogP contribution in [-0.2, 0) is 11.0 Å². The maximum Gasteiger partial charge on any atom is 0.416 e. The molecule has 0 atom stereocenters. The number of alkyl halides is 3. The van der Waals surface area contributed by atoms with Crippen LogP contribution in [0.1, 0.15) is 35.1 Å². The minimum absolute atomic E-state index is 0.0266. The van der Waals surface area contributed by atoms with Gasteiger partial charge in [0.25, 0.3) is 5.91 Å². The van der Waals surface area contributed by atoms with Crippen molar-refractivity contribution < 1.29 is 22.8 Å². The zero-order valence-electron chi connectivity index (χ0n) is 17.5. The van der Waals surface area contributed by atoms with Gasteiger partial charge >= 0.3 is 6.18 Å². The minimum atomic E-state index is -4.57. The average molecular weight is 479 g/mol. The minimum Gasteiger partial charge on any atom is -0.326 e. The number of halogens is 4. The molecule has 7 nitrogen and oxygen atoms in total. The molecule has 172 valence electrons. The first kappa shape index (κ1) is 24.0. The molecule has 0 saturated carbocycles. The second-order valence-corrected chi connectivity index (χ2v) is 7.42. The Hall–Kier alpha value is -3.66. The zero-order valence-corrected chi connectivity index (χ0v) is 18.2. The van der Waals surface area contributed by atoms with Gasteiger partial charge in [0.1, 0.15) is 0 Å². The Kier molecular flexibility index (Phi) is 6.87. The molecule has 0 aliphatic carbocycles. The lowest BCUT2D eigenvalue weighted by Gasteiger charge is -2.14. The number of carbonyl (C=O) groups excluding carboxylic acids is 2. The maximum absolute atomic E-state index is 13.1. The fraction of sp³-hybridized carbons (Fsp3) is 0.182. The number of rotatable bonds is 5. The maximum atomic E-state index is 13.1. The van der Waals surface area contributed by atoms with Crippen molar-refractivity contribution in [1.82, 2.24) is 9.78 Å². The normalized spacial score (nSPS) is 11.2. The second-order valence-electron chi connectivity index (χ2n) is 7.01. The average Bonchev–Trinajstić information content (AvgIpc) is 2.75. The molecule has 2 amide bonds. The molecule has 0 fully saturated rings. The van der Waals surface area contributed by atoms with E-state index in [1.807, 2.05) is 0 Å². The Bertz CT molecular complexity index is 1290. The highest BCUT2D eigenvalue weighted by atomic mass is 35.5. The number of aromatic nitrogens is 2. The summed E-state index contributed by atoms with van der Waals surface area (Å²) >= 11 is 6.11. The van der Waals surface area contributed by atoms with Gasteiger partial charge in [-0.2, -0.15) is 18.3 Å². The van der Waals surface area contributed by atoms with E-state index in [1.54, 1.807) is 6.92 Å². The molecule has 33 heavy (non-hydrogen) atoms. The van der Waals surface area contributed by atoms with Gasteiger partial charge in [-0.1, -0.05) is 24.6 Å². The van der Waals surface area contributed by atoms with E-state index in [1.165, 1.54) is 37.3 Å². The van der Waals surface area contributed by atoms with Crippen molar-refractivity contribution in [3.05, 3.63) is 80.7 Å². The Balaban J connectivity index is 1.97. The molecule has 0 unspecified atom stereocenters. The van der Waals surface area contributed by atoms with Crippen molar-refractivity contribution in [1.29, 1.82) is 0 Å². The molecule has 3 rings (SSSR count). The molecular formula is C22H18ClF3N4O3. The summed E-state index contributed by atoms with van der Waals surface area (Å²) in [4.78, 5) is 36.8. The fourth-order valence-electron chi connectivity index (χ4n) is 2.91. The molecule has 1 aromatic heterocycles. The highest BCUT2D eigenvalue weighted by Gasteiger charge is 2.30. The first-order chi connectivity index (χ1) is 15.5. The largest absolute Gasteiger partial charge is 0.416 e. The molecule has 1 heterocycles. The molecule has 0 bridgehead atoms. The van der Waals surface area contributed by atoms with Crippen LogP contribution < -0.4 is 16.1 Å². The van der Waals surface area contributed by atoms with Crippen molar-refractivity contribution >= 4 is 34.8 Å². The zero-order chi connectivity index (χ0) is 24.3. The lowest BCUT2D eigenvalue weighted by Crippen LogP contribution is -2.27. The molecule has 2 N–H and O–H groups in total. The molecule has 0 spiro atoms. The monoisotopic (exact) mass is 478 g/mol. The number of nitrogens with zero attached hydrogens (tertiary/aromatic N) is 2. The van der Waals surface area contributed by atoms with Gasteiger partial charge in [-0.15, -0.1) is 0 Å². The first-order valence-electron chi connectivity index (χ1n) is 9.69. The van der Waals surface area contributed by atoms with Gasteiger partial charge < -0.3 is 10.6 Å². The van der Waals surface area contributed by atoms with E-state index in [9.17, 15) is 27.6 Å². The van der Waals surface area contributed by atoms with E-state index in [-0.39, 0.29) is 34.4 Å². The van der Waals surface area contributed by atoms with Crippen LogP contribution in [-0.4, -0.2) is 21.6 Å². The van der Waals surface area contributed by atoms with Crippen LogP contribution in [0.3, 0.4) is 0 Å². The smallest absolute Gasteiger partial charge is 0.326 e. The first-order valence-corrected chi connectivity index (χ1v) is 10.1. The van der Waals surface area contributed by atoms with Crippen molar-refractivity contribution in [2.24, 2.45) is 0 Å². The van der Waals surface area contributed by atoms with Gasteiger partial charge in [-0.3, -0.25) is 14.4 Å². The van der Waals surface area contributed by atoms with Crippen molar-refractivity contribution in [3.8, 4) is 5.69 Å². The third-order valence-electron chi connectivity index (χ3n) is 4.56. The number of aryl methyl sites for hydroxylation is 1. The number of anilines is 2. The number of hydrogen-bond donors (Lipinski definition) is 2. The van der Waals surface area contributed by atoms with Crippen LogP contribution in [0.15, 0.2) is 53.3 Å². The van der Waals surface area contributed by atoms with Crippen molar-refractivity contribution in [3.63, 3.8) is 0 Å². The molecule has 2 aromatic carbocycles. The predicted molar refractivity (Wildman–Crippen MR) is 118 cm³/mol. The Labute approximate surface area is 191 Å².